The van der Waals surface area contributed by atoms with E-state index in [1.54, 1.807) is 18.2 Å². The van der Waals surface area contributed by atoms with Gasteiger partial charge in [0.25, 0.3) is 5.56 Å². The van der Waals surface area contributed by atoms with E-state index in [1.165, 1.54) is 6.33 Å². The molecule has 2 aromatic heterocycles. The zero-order valence-corrected chi connectivity index (χ0v) is 12.5. The van der Waals surface area contributed by atoms with E-state index in [4.69, 9.17) is 9.47 Å². The van der Waals surface area contributed by atoms with Gasteiger partial charge in [-0.1, -0.05) is 11.8 Å². The third-order valence-corrected chi connectivity index (χ3v) is 4.18. The molecule has 1 aliphatic rings. The summed E-state index contributed by atoms with van der Waals surface area (Å²) in [5.74, 6) is 1.23. The normalized spacial score (nSPS) is 12.7. The quantitative estimate of drug-likeness (QED) is 0.422. The highest BCUT2D eigenvalue weighted by Crippen LogP contribution is 2.32. The number of aromatic nitrogens is 4. The summed E-state index contributed by atoms with van der Waals surface area (Å²) >= 11 is 1.15. The van der Waals surface area contributed by atoms with Crippen molar-refractivity contribution >= 4 is 28.7 Å². The fraction of sp³-hybridized carbons (Fsp3) is 0.143. The zero-order valence-electron chi connectivity index (χ0n) is 11.7. The van der Waals surface area contributed by atoms with Crippen molar-refractivity contribution in [1.29, 1.82) is 0 Å². The van der Waals surface area contributed by atoms with Gasteiger partial charge >= 0.3 is 0 Å². The van der Waals surface area contributed by atoms with Gasteiger partial charge in [-0.05, 0) is 18.2 Å². The van der Waals surface area contributed by atoms with Crippen molar-refractivity contribution in [1.82, 2.24) is 19.9 Å². The Balaban J connectivity index is 1.51. The van der Waals surface area contributed by atoms with Gasteiger partial charge in [0.15, 0.2) is 33.6 Å². The smallest absolute Gasteiger partial charge is 0.277 e. The Bertz CT molecular complexity index is 965. The maximum atomic E-state index is 12.3. The van der Waals surface area contributed by atoms with Crippen LogP contribution in [0.2, 0.25) is 0 Å². The molecule has 2 N–H and O–H groups in total. The number of carbonyl (C=O) groups excluding carboxylic acids is 1. The molecule has 1 aliphatic heterocycles. The average molecular weight is 330 g/mol. The Morgan fingerprint density at radius 3 is 3.09 bits per heavy atom. The Hall–Kier alpha value is -2.81. The molecule has 0 saturated heterocycles. The third-order valence-electron chi connectivity index (χ3n) is 3.31. The van der Waals surface area contributed by atoms with Crippen LogP contribution in [0.25, 0.3) is 11.2 Å². The number of benzene rings is 1. The van der Waals surface area contributed by atoms with Crippen molar-refractivity contribution < 1.29 is 14.3 Å². The molecular weight excluding hydrogens is 320 g/mol. The minimum atomic E-state index is -0.314. The first-order valence-corrected chi connectivity index (χ1v) is 7.68. The van der Waals surface area contributed by atoms with E-state index in [1.807, 2.05) is 0 Å². The number of imidazole rings is 1. The molecule has 3 heterocycles. The molecule has 0 bridgehead atoms. The lowest BCUT2D eigenvalue weighted by atomic mass is 10.1. The summed E-state index contributed by atoms with van der Waals surface area (Å²) in [7, 11) is 0. The summed E-state index contributed by atoms with van der Waals surface area (Å²) in [6, 6.07) is 5.04. The van der Waals surface area contributed by atoms with Crippen molar-refractivity contribution in [2.24, 2.45) is 0 Å². The highest BCUT2D eigenvalue weighted by atomic mass is 32.2. The maximum absolute atomic E-state index is 12.3. The maximum Gasteiger partial charge on any atom is 0.277 e. The highest BCUT2D eigenvalue weighted by Gasteiger charge is 2.17. The Kier molecular flexibility index (Phi) is 3.27. The minimum Gasteiger partial charge on any atom is -0.454 e. The van der Waals surface area contributed by atoms with Gasteiger partial charge in [-0.2, -0.15) is 0 Å². The molecule has 0 unspecified atom stereocenters. The van der Waals surface area contributed by atoms with Gasteiger partial charge in [0.05, 0.1) is 12.1 Å². The topological polar surface area (TPSA) is 110 Å². The molecule has 9 heteroatoms. The Morgan fingerprint density at radius 2 is 2.17 bits per heavy atom. The lowest BCUT2D eigenvalue weighted by Crippen LogP contribution is -2.10. The van der Waals surface area contributed by atoms with E-state index in [0.717, 1.165) is 11.8 Å². The van der Waals surface area contributed by atoms with E-state index in [2.05, 4.69) is 19.9 Å². The molecule has 1 aromatic carbocycles. The molecule has 0 saturated carbocycles. The van der Waals surface area contributed by atoms with Crippen molar-refractivity contribution in [2.75, 3.05) is 12.5 Å². The summed E-state index contributed by atoms with van der Waals surface area (Å²) in [6.45, 7) is 0.163. The molecule has 23 heavy (non-hydrogen) atoms. The van der Waals surface area contributed by atoms with E-state index >= 15 is 0 Å². The number of fused-ring (bicyclic) bond motifs is 2. The van der Waals surface area contributed by atoms with Crippen LogP contribution in [0.5, 0.6) is 11.5 Å². The van der Waals surface area contributed by atoms with Crippen LogP contribution in [-0.4, -0.2) is 38.3 Å². The van der Waals surface area contributed by atoms with Crippen molar-refractivity contribution in [2.45, 2.75) is 5.16 Å². The predicted octanol–water partition coefficient (Wildman–Crippen LogP) is 1.35. The molecule has 0 spiro atoms. The molecule has 116 valence electrons. The second-order valence-electron chi connectivity index (χ2n) is 4.75. The fourth-order valence-electron chi connectivity index (χ4n) is 2.18. The summed E-state index contributed by atoms with van der Waals surface area (Å²) in [5.41, 5.74) is 0.846. The van der Waals surface area contributed by atoms with Gasteiger partial charge in [-0.3, -0.25) is 14.6 Å². The number of ketones is 1. The summed E-state index contributed by atoms with van der Waals surface area (Å²) in [4.78, 5) is 37.5. The number of thioether (sulfide) groups is 1. The molecule has 0 fully saturated rings. The average Bonchev–Trinajstić information content (AvgIpc) is 3.20. The number of hydrogen-bond donors (Lipinski definition) is 2. The van der Waals surface area contributed by atoms with Crippen LogP contribution >= 0.6 is 11.8 Å². The van der Waals surface area contributed by atoms with Crippen LogP contribution in [0.3, 0.4) is 0 Å². The first-order valence-electron chi connectivity index (χ1n) is 6.70. The number of rotatable bonds is 4. The molecule has 0 amide bonds. The predicted molar refractivity (Wildman–Crippen MR) is 82.1 cm³/mol. The molecule has 0 radical (unpaired) electrons. The van der Waals surface area contributed by atoms with Gasteiger partial charge < -0.3 is 14.5 Å². The first kappa shape index (κ1) is 13.8. The van der Waals surface area contributed by atoms with Gasteiger partial charge in [0, 0.05) is 5.56 Å². The van der Waals surface area contributed by atoms with Crippen molar-refractivity contribution in [3.63, 3.8) is 0 Å². The standard InChI is InChI=1S/C14H10N4O4S/c19-8(7-1-2-9-10(3-7)22-6-21-9)4-23-14-17-12-11(13(20)18-14)15-5-16-12/h1-3,5H,4,6H2,(H2,15,16,17,18,20). The zero-order chi connectivity index (χ0) is 15.8. The molecule has 4 rings (SSSR count). The third kappa shape index (κ3) is 2.55. The Morgan fingerprint density at radius 1 is 1.30 bits per heavy atom. The second kappa shape index (κ2) is 5.43. The van der Waals surface area contributed by atoms with Gasteiger partial charge in [-0.25, -0.2) is 9.97 Å². The van der Waals surface area contributed by atoms with Crippen molar-refractivity contribution in [3.05, 3.63) is 40.4 Å². The lowest BCUT2D eigenvalue weighted by molar-refractivity contribution is 0.102. The molecular formula is C14H10N4O4S. The van der Waals surface area contributed by atoms with Crippen LogP contribution in [0, 0.1) is 0 Å². The number of Topliss-reactive ketones (excluding diaryl/α,β-unsaturated/α-hetero) is 1. The Labute approximate surface area is 133 Å². The number of carbonyl (C=O) groups is 1. The second-order valence-corrected chi connectivity index (χ2v) is 5.72. The van der Waals surface area contributed by atoms with E-state index in [0.29, 0.717) is 33.4 Å². The SMILES string of the molecule is O=C(CSc1nc2nc[nH]c2c(=O)[nH]1)c1ccc2c(c1)OCO2. The van der Waals surface area contributed by atoms with Crippen molar-refractivity contribution in [3.8, 4) is 11.5 Å². The molecule has 8 nitrogen and oxygen atoms in total. The summed E-state index contributed by atoms with van der Waals surface area (Å²) in [5, 5.41) is 0.351. The van der Waals surface area contributed by atoms with Crippen LogP contribution in [0.1, 0.15) is 10.4 Å². The number of hydrogen-bond acceptors (Lipinski definition) is 7. The number of H-pyrrole nitrogens is 2. The highest BCUT2D eigenvalue weighted by molar-refractivity contribution is 7.99. The van der Waals surface area contributed by atoms with E-state index in [9.17, 15) is 9.59 Å². The number of aromatic amines is 2. The number of nitrogens with one attached hydrogen (secondary N) is 2. The largest absolute Gasteiger partial charge is 0.454 e. The molecule has 3 aromatic rings. The van der Waals surface area contributed by atoms with Crippen LogP contribution in [-0.2, 0) is 0 Å². The number of nitrogens with zero attached hydrogens (tertiary/aromatic N) is 2. The number of ether oxygens (including phenoxy) is 2. The molecule has 0 atom stereocenters. The van der Waals surface area contributed by atoms with Crippen LogP contribution < -0.4 is 15.0 Å². The molecule has 0 aliphatic carbocycles. The summed E-state index contributed by atoms with van der Waals surface area (Å²) in [6.07, 6.45) is 1.40. The monoisotopic (exact) mass is 330 g/mol. The van der Waals surface area contributed by atoms with E-state index in [-0.39, 0.29) is 23.9 Å². The van der Waals surface area contributed by atoms with Crippen LogP contribution in [0.4, 0.5) is 0 Å². The lowest BCUT2D eigenvalue weighted by Gasteiger charge is -2.02. The van der Waals surface area contributed by atoms with Gasteiger partial charge in [0.2, 0.25) is 6.79 Å². The summed E-state index contributed by atoms with van der Waals surface area (Å²) < 4.78 is 10.5. The van der Waals surface area contributed by atoms with E-state index < -0.39 is 0 Å². The van der Waals surface area contributed by atoms with Crippen LogP contribution in [0.15, 0.2) is 34.5 Å². The first-order chi connectivity index (χ1) is 11.2. The van der Waals surface area contributed by atoms with Gasteiger partial charge in [-0.15, -0.1) is 0 Å². The minimum absolute atomic E-state index is 0.0990. The fourth-order valence-corrected chi connectivity index (χ4v) is 2.93. The van der Waals surface area contributed by atoms with Gasteiger partial charge in [0.1, 0.15) is 0 Å².